The van der Waals surface area contributed by atoms with Gasteiger partial charge in [0.15, 0.2) is 6.29 Å². The smallest absolute Gasteiger partial charge is 0.387 e. The van der Waals surface area contributed by atoms with Crippen molar-refractivity contribution in [3.8, 4) is 0 Å². The first-order chi connectivity index (χ1) is 6.72. The van der Waals surface area contributed by atoms with E-state index in [1.165, 1.54) is 0 Å². The van der Waals surface area contributed by atoms with E-state index in [1.807, 2.05) is 0 Å². The topological polar surface area (TPSA) is 157 Å². The van der Waals surface area contributed by atoms with Crippen LogP contribution in [0, 0.1) is 0 Å². The monoisotopic (exact) mass is 246 g/mol. The molecule has 1 aliphatic rings. The van der Waals surface area contributed by atoms with Crippen LogP contribution in [-0.2, 0) is 13.8 Å². The highest BCUT2D eigenvalue weighted by molar-refractivity contribution is 7.46. The average molecular weight is 246 g/mol. The maximum Gasteiger partial charge on any atom is 0.472 e. The number of hydrogen-bond donors (Lipinski definition) is 6. The fourth-order valence-corrected chi connectivity index (χ4v) is 1.50. The lowest BCUT2D eigenvalue weighted by atomic mass is 10.0. The summed E-state index contributed by atoms with van der Waals surface area (Å²) in [6.45, 7) is 0. The average Bonchev–Trinajstić information content (AvgIpc) is 2.08. The van der Waals surface area contributed by atoms with E-state index in [2.05, 4.69) is 9.26 Å². The molecule has 0 bridgehead atoms. The number of ether oxygens (including phenoxy) is 1. The zero-order valence-electron chi connectivity index (χ0n) is 7.24. The lowest BCUT2D eigenvalue weighted by molar-refractivity contribution is -0.323. The Morgan fingerprint density at radius 3 is 2.00 bits per heavy atom. The van der Waals surface area contributed by atoms with Gasteiger partial charge in [-0.1, -0.05) is 0 Å². The number of hydrogen-bond acceptors (Lipinski definition) is 7. The van der Waals surface area contributed by atoms with E-state index in [1.54, 1.807) is 0 Å². The van der Waals surface area contributed by atoms with Gasteiger partial charge >= 0.3 is 7.82 Å². The largest absolute Gasteiger partial charge is 0.472 e. The number of phosphoric ester groups is 1. The quantitative estimate of drug-likeness (QED) is 0.277. The Labute approximate surface area is 83.7 Å². The van der Waals surface area contributed by atoms with Crippen LogP contribution in [0.15, 0.2) is 0 Å². The SMILES string of the molecule is O=P(O)(O)O[C@H]1OC(O)[C@H](O)[C@@H](O)[C@H]1O. The fraction of sp³-hybridized carbons (Fsp3) is 1.00. The second-order valence-electron chi connectivity index (χ2n) is 2.96. The summed E-state index contributed by atoms with van der Waals surface area (Å²) in [5, 5.41) is 36.2. The summed E-state index contributed by atoms with van der Waals surface area (Å²) in [5.41, 5.74) is 0. The number of rotatable bonds is 2. The van der Waals surface area contributed by atoms with E-state index in [4.69, 9.17) is 25.1 Å². The number of aliphatic hydroxyl groups is 4. The van der Waals surface area contributed by atoms with Gasteiger partial charge in [0.25, 0.3) is 0 Å². The van der Waals surface area contributed by atoms with E-state index in [9.17, 15) is 9.67 Å². The van der Waals surface area contributed by atoms with Crippen molar-refractivity contribution >= 4 is 7.82 Å². The van der Waals surface area contributed by atoms with E-state index in [0.29, 0.717) is 0 Å². The summed E-state index contributed by atoms with van der Waals surface area (Å²) >= 11 is 0. The molecule has 1 rings (SSSR count). The standard InChI is InChI=1S/C5H11O9P/c6-1-2(7)4(9)13-5(3(1)8)14-15(10,11)12/h1-9H,(H2,10,11,12)/t1-,2-,3-,4?,5-/m1/s1. The summed E-state index contributed by atoms with van der Waals surface area (Å²) in [7, 11) is -4.93. The van der Waals surface area contributed by atoms with Gasteiger partial charge in [-0.3, -0.25) is 4.52 Å². The van der Waals surface area contributed by atoms with E-state index < -0.39 is 38.7 Å². The molecule has 0 saturated carbocycles. The van der Waals surface area contributed by atoms with Gasteiger partial charge in [0.05, 0.1) is 0 Å². The van der Waals surface area contributed by atoms with Crippen LogP contribution < -0.4 is 0 Å². The third-order valence-electron chi connectivity index (χ3n) is 1.79. The molecule has 10 heteroatoms. The minimum absolute atomic E-state index is 1.78. The van der Waals surface area contributed by atoms with Gasteiger partial charge in [-0.05, 0) is 0 Å². The van der Waals surface area contributed by atoms with Gasteiger partial charge in [0.1, 0.15) is 18.3 Å². The van der Waals surface area contributed by atoms with Gasteiger partial charge in [0, 0.05) is 0 Å². The molecular formula is C5H11O9P. The highest BCUT2D eigenvalue weighted by atomic mass is 31.2. The van der Waals surface area contributed by atoms with Crippen LogP contribution >= 0.6 is 7.82 Å². The van der Waals surface area contributed by atoms with Crippen LogP contribution in [0.4, 0.5) is 0 Å². The number of aliphatic hydroxyl groups excluding tert-OH is 4. The molecule has 1 unspecified atom stereocenters. The molecule has 0 radical (unpaired) electrons. The number of phosphoric acid groups is 1. The predicted molar refractivity (Wildman–Crippen MR) is 42.0 cm³/mol. The Balaban J connectivity index is 2.71. The van der Waals surface area contributed by atoms with Gasteiger partial charge in [-0.2, -0.15) is 0 Å². The molecule has 0 aromatic rings. The van der Waals surface area contributed by atoms with Crippen molar-refractivity contribution in [3.63, 3.8) is 0 Å². The van der Waals surface area contributed by atoms with Gasteiger partial charge in [-0.15, -0.1) is 0 Å². The van der Waals surface area contributed by atoms with E-state index in [-0.39, 0.29) is 0 Å². The Morgan fingerprint density at radius 1 is 1.00 bits per heavy atom. The Bertz CT molecular complexity index is 263. The van der Waals surface area contributed by atoms with Crippen LogP contribution in [-0.4, -0.2) is 61.1 Å². The molecule has 15 heavy (non-hydrogen) atoms. The lowest BCUT2D eigenvalue weighted by Crippen LogP contribution is -2.57. The van der Waals surface area contributed by atoms with Crippen molar-refractivity contribution in [1.82, 2.24) is 0 Å². The maximum atomic E-state index is 10.4. The van der Waals surface area contributed by atoms with Crippen LogP contribution in [0.2, 0.25) is 0 Å². The van der Waals surface area contributed by atoms with Gasteiger partial charge in [0.2, 0.25) is 6.29 Å². The molecule has 1 aliphatic heterocycles. The van der Waals surface area contributed by atoms with Crippen molar-refractivity contribution < 1.29 is 44.0 Å². The van der Waals surface area contributed by atoms with Crippen LogP contribution in [0.25, 0.3) is 0 Å². The predicted octanol–water partition coefficient (Wildman–Crippen LogP) is -3.15. The highest BCUT2D eigenvalue weighted by Gasteiger charge is 2.45. The molecule has 90 valence electrons. The maximum absolute atomic E-state index is 10.4. The van der Waals surface area contributed by atoms with Crippen LogP contribution in [0.1, 0.15) is 0 Å². The second kappa shape index (κ2) is 4.42. The molecule has 6 N–H and O–H groups in total. The summed E-state index contributed by atoms with van der Waals surface area (Å²) in [6.07, 6.45) is -9.31. The minimum Gasteiger partial charge on any atom is -0.387 e. The molecule has 0 aromatic heterocycles. The molecule has 0 aliphatic carbocycles. The normalized spacial score (nSPS) is 42.9. The Morgan fingerprint density at radius 2 is 1.53 bits per heavy atom. The van der Waals surface area contributed by atoms with Gasteiger partial charge in [-0.25, -0.2) is 4.57 Å². The minimum atomic E-state index is -4.93. The van der Waals surface area contributed by atoms with E-state index in [0.717, 1.165) is 0 Å². The van der Waals surface area contributed by atoms with Crippen molar-refractivity contribution in [2.75, 3.05) is 0 Å². The molecule has 0 aromatic carbocycles. The van der Waals surface area contributed by atoms with Gasteiger partial charge < -0.3 is 34.9 Å². The lowest BCUT2D eigenvalue weighted by Gasteiger charge is -2.37. The first kappa shape index (κ1) is 13.0. The summed E-state index contributed by atoms with van der Waals surface area (Å²) < 4.78 is 18.7. The fourth-order valence-electron chi connectivity index (χ4n) is 1.05. The third-order valence-corrected chi connectivity index (χ3v) is 2.27. The summed E-state index contributed by atoms with van der Waals surface area (Å²) in [5.74, 6) is 0. The zero-order chi connectivity index (χ0) is 11.8. The van der Waals surface area contributed by atoms with Crippen LogP contribution in [0.5, 0.6) is 0 Å². The van der Waals surface area contributed by atoms with E-state index >= 15 is 0 Å². The first-order valence-corrected chi connectivity index (χ1v) is 5.37. The molecule has 0 amide bonds. The Kier molecular flexibility index (Phi) is 3.82. The molecule has 1 saturated heterocycles. The van der Waals surface area contributed by atoms with Crippen molar-refractivity contribution in [2.24, 2.45) is 0 Å². The molecular weight excluding hydrogens is 235 g/mol. The molecule has 1 heterocycles. The zero-order valence-corrected chi connectivity index (χ0v) is 8.14. The first-order valence-electron chi connectivity index (χ1n) is 3.84. The highest BCUT2D eigenvalue weighted by Crippen LogP contribution is 2.40. The second-order valence-corrected chi connectivity index (χ2v) is 4.15. The summed E-state index contributed by atoms with van der Waals surface area (Å²) in [4.78, 5) is 16.8. The summed E-state index contributed by atoms with van der Waals surface area (Å²) in [6, 6.07) is 0. The molecule has 5 atom stereocenters. The van der Waals surface area contributed by atoms with Crippen molar-refractivity contribution in [3.05, 3.63) is 0 Å². The van der Waals surface area contributed by atoms with Crippen LogP contribution in [0.3, 0.4) is 0 Å². The molecule has 0 spiro atoms. The van der Waals surface area contributed by atoms with Crippen molar-refractivity contribution in [1.29, 1.82) is 0 Å². The Hall–Kier alpha value is -0.0900. The molecule has 1 fully saturated rings. The molecule has 9 nitrogen and oxygen atoms in total. The van der Waals surface area contributed by atoms with Crippen molar-refractivity contribution in [2.45, 2.75) is 30.9 Å². The third kappa shape index (κ3) is 3.18.